The van der Waals surface area contributed by atoms with Gasteiger partial charge < -0.3 is 10.4 Å². The summed E-state index contributed by atoms with van der Waals surface area (Å²) in [6.07, 6.45) is 1.64. The summed E-state index contributed by atoms with van der Waals surface area (Å²) < 4.78 is 12.8. The molecule has 0 aromatic heterocycles. The summed E-state index contributed by atoms with van der Waals surface area (Å²) in [6.45, 7) is 6.15. The molecule has 1 rings (SSSR count). The van der Waals surface area contributed by atoms with Gasteiger partial charge in [0.05, 0.1) is 12.6 Å². The summed E-state index contributed by atoms with van der Waals surface area (Å²) in [4.78, 5) is 11.8. The third-order valence-electron chi connectivity index (χ3n) is 3.00. The topological polar surface area (TPSA) is 49.3 Å². The Bertz CT molecular complexity index is 423. The fraction of sp³-hybridized carbons (Fsp3) is 0.562. The van der Waals surface area contributed by atoms with E-state index in [1.165, 1.54) is 12.1 Å². The molecule has 4 heteroatoms. The number of hydrogen-bond acceptors (Lipinski definition) is 2. The molecule has 2 N–H and O–H groups in total. The highest BCUT2D eigenvalue weighted by Crippen LogP contribution is 2.20. The SMILES string of the molecule is CC(C)(C)CC(CO)NC(=O)CCc1ccc(F)cc1. The van der Waals surface area contributed by atoms with Crippen molar-refractivity contribution < 1.29 is 14.3 Å². The van der Waals surface area contributed by atoms with Gasteiger partial charge in [0.25, 0.3) is 0 Å². The summed E-state index contributed by atoms with van der Waals surface area (Å²) in [5, 5.41) is 12.1. The zero-order valence-electron chi connectivity index (χ0n) is 12.4. The molecule has 1 amide bonds. The molecule has 0 bridgehead atoms. The molecule has 20 heavy (non-hydrogen) atoms. The van der Waals surface area contributed by atoms with Crippen molar-refractivity contribution in [2.24, 2.45) is 5.41 Å². The van der Waals surface area contributed by atoms with Crippen molar-refractivity contribution in [2.75, 3.05) is 6.61 Å². The highest BCUT2D eigenvalue weighted by molar-refractivity contribution is 5.76. The van der Waals surface area contributed by atoms with E-state index in [1.54, 1.807) is 12.1 Å². The summed E-state index contributed by atoms with van der Waals surface area (Å²) in [7, 11) is 0. The van der Waals surface area contributed by atoms with Gasteiger partial charge in [-0.3, -0.25) is 4.79 Å². The Morgan fingerprint density at radius 1 is 1.30 bits per heavy atom. The van der Waals surface area contributed by atoms with E-state index in [1.807, 2.05) is 0 Å². The van der Waals surface area contributed by atoms with Gasteiger partial charge in [0.1, 0.15) is 5.82 Å². The first-order valence-corrected chi connectivity index (χ1v) is 6.95. The van der Waals surface area contributed by atoms with E-state index in [0.29, 0.717) is 12.8 Å². The lowest BCUT2D eigenvalue weighted by Gasteiger charge is -2.25. The van der Waals surface area contributed by atoms with E-state index < -0.39 is 0 Å². The van der Waals surface area contributed by atoms with Crippen molar-refractivity contribution in [1.82, 2.24) is 5.32 Å². The lowest BCUT2D eigenvalue weighted by atomic mass is 9.88. The molecule has 1 atom stereocenters. The molecule has 1 unspecified atom stereocenters. The molecular weight excluding hydrogens is 257 g/mol. The third-order valence-corrected chi connectivity index (χ3v) is 3.00. The Balaban J connectivity index is 2.40. The normalized spacial score (nSPS) is 13.1. The van der Waals surface area contributed by atoms with E-state index in [2.05, 4.69) is 26.1 Å². The van der Waals surface area contributed by atoms with Crippen LogP contribution in [0.1, 0.15) is 39.2 Å². The Morgan fingerprint density at radius 3 is 2.40 bits per heavy atom. The van der Waals surface area contributed by atoms with Crippen LogP contribution in [0.5, 0.6) is 0 Å². The Kier molecular flexibility index (Phi) is 6.14. The molecule has 0 aliphatic heterocycles. The Hall–Kier alpha value is -1.42. The van der Waals surface area contributed by atoms with Crippen LogP contribution in [-0.2, 0) is 11.2 Å². The predicted octanol–water partition coefficient (Wildman–Crippen LogP) is 2.67. The molecular formula is C16H24FNO2. The van der Waals surface area contributed by atoms with E-state index in [9.17, 15) is 14.3 Å². The van der Waals surface area contributed by atoms with E-state index in [0.717, 1.165) is 12.0 Å². The minimum absolute atomic E-state index is 0.0532. The van der Waals surface area contributed by atoms with Crippen LogP contribution in [0.3, 0.4) is 0 Å². The quantitative estimate of drug-likeness (QED) is 0.842. The first-order valence-electron chi connectivity index (χ1n) is 6.95. The standard InChI is InChI=1S/C16H24FNO2/c1-16(2,3)10-14(11-19)18-15(20)9-6-12-4-7-13(17)8-5-12/h4-5,7-8,14,19H,6,9-11H2,1-3H3,(H,18,20). The molecule has 3 nitrogen and oxygen atoms in total. The predicted molar refractivity (Wildman–Crippen MR) is 77.8 cm³/mol. The van der Waals surface area contributed by atoms with Crippen molar-refractivity contribution in [3.63, 3.8) is 0 Å². The number of benzene rings is 1. The number of nitrogens with one attached hydrogen (secondary N) is 1. The number of hydrogen-bond donors (Lipinski definition) is 2. The van der Waals surface area contributed by atoms with Gasteiger partial charge in [-0.1, -0.05) is 32.9 Å². The van der Waals surface area contributed by atoms with Gasteiger partial charge in [0.2, 0.25) is 5.91 Å². The highest BCUT2D eigenvalue weighted by Gasteiger charge is 2.19. The number of aliphatic hydroxyl groups is 1. The number of amides is 1. The largest absolute Gasteiger partial charge is 0.394 e. The number of halogens is 1. The lowest BCUT2D eigenvalue weighted by Crippen LogP contribution is -2.40. The van der Waals surface area contributed by atoms with Crippen LogP contribution in [0.25, 0.3) is 0 Å². The second kappa shape index (κ2) is 7.39. The molecule has 1 aromatic rings. The van der Waals surface area contributed by atoms with Gasteiger partial charge in [-0.15, -0.1) is 0 Å². The van der Waals surface area contributed by atoms with Gasteiger partial charge in [0.15, 0.2) is 0 Å². The van der Waals surface area contributed by atoms with Crippen LogP contribution in [0.15, 0.2) is 24.3 Å². The van der Waals surface area contributed by atoms with Gasteiger partial charge in [0, 0.05) is 6.42 Å². The van der Waals surface area contributed by atoms with Gasteiger partial charge >= 0.3 is 0 Å². The summed E-state index contributed by atoms with van der Waals surface area (Å²) in [6, 6.07) is 5.94. The van der Waals surface area contributed by atoms with Crippen molar-refractivity contribution in [2.45, 2.75) is 46.1 Å². The van der Waals surface area contributed by atoms with Gasteiger partial charge in [-0.25, -0.2) is 4.39 Å². The van der Waals surface area contributed by atoms with E-state index in [4.69, 9.17) is 0 Å². The average molecular weight is 281 g/mol. The lowest BCUT2D eigenvalue weighted by molar-refractivity contribution is -0.122. The first-order chi connectivity index (χ1) is 9.30. The summed E-state index contributed by atoms with van der Waals surface area (Å²) in [5.74, 6) is -0.360. The van der Waals surface area contributed by atoms with Crippen LogP contribution in [0.2, 0.25) is 0 Å². The van der Waals surface area contributed by atoms with Crippen LogP contribution in [0.4, 0.5) is 4.39 Å². The van der Waals surface area contributed by atoms with Gasteiger partial charge in [-0.2, -0.15) is 0 Å². The van der Waals surface area contributed by atoms with E-state index in [-0.39, 0.29) is 29.8 Å². The highest BCUT2D eigenvalue weighted by atomic mass is 19.1. The fourth-order valence-corrected chi connectivity index (χ4v) is 2.11. The molecule has 0 radical (unpaired) electrons. The van der Waals surface area contributed by atoms with Crippen LogP contribution in [-0.4, -0.2) is 23.7 Å². The second-order valence-corrected chi connectivity index (χ2v) is 6.34. The number of aryl methyl sites for hydroxylation is 1. The first kappa shape index (κ1) is 16.6. The number of carbonyl (C=O) groups is 1. The number of carbonyl (C=O) groups excluding carboxylic acids is 1. The minimum Gasteiger partial charge on any atom is -0.394 e. The third kappa shape index (κ3) is 6.66. The van der Waals surface area contributed by atoms with Crippen LogP contribution < -0.4 is 5.32 Å². The molecule has 0 spiro atoms. The number of aliphatic hydroxyl groups excluding tert-OH is 1. The van der Waals surface area contributed by atoms with Crippen molar-refractivity contribution in [3.8, 4) is 0 Å². The van der Waals surface area contributed by atoms with E-state index >= 15 is 0 Å². The smallest absolute Gasteiger partial charge is 0.220 e. The molecule has 0 saturated carbocycles. The second-order valence-electron chi connectivity index (χ2n) is 6.34. The van der Waals surface area contributed by atoms with Crippen molar-refractivity contribution in [3.05, 3.63) is 35.6 Å². The summed E-state index contributed by atoms with van der Waals surface area (Å²) in [5.41, 5.74) is 0.982. The molecule has 0 aliphatic carbocycles. The molecule has 0 saturated heterocycles. The molecule has 0 fully saturated rings. The number of rotatable bonds is 6. The zero-order chi connectivity index (χ0) is 15.2. The molecule has 0 heterocycles. The Morgan fingerprint density at radius 2 is 1.90 bits per heavy atom. The van der Waals surface area contributed by atoms with Crippen LogP contribution >= 0.6 is 0 Å². The van der Waals surface area contributed by atoms with Gasteiger partial charge in [-0.05, 0) is 36.0 Å². The zero-order valence-corrected chi connectivity index (χ0v) is 12.4. The molecule has 0 aliphatic rings. The summed E-state index contributed by atoms with van der Waals surface area (Å²) >= 11 is 0. The Labute approximate surface area is 120 Å². The maximum Gasteiger partial charge on any atom is 0.220 e. The molecule has 1 aromatic carbocycles. The van der Waals surface area contributed by atoms with Crippen molar-refractivity contribution >= 4 is 5.91 Å². The van der Waals surface area contributed by atoms with Crippen LogP contribution in [0, 0.1) is 11.2 Å². The molecule has 112 valence electrons. The minimum atomic E-state index is -0.274. The average Bonchev–Trinajstić information content (AvgIpc) is 2.35. The van der Waals surface area contributed by atoms with Crippen molar-refractivity contribution in [1.29, 1.82) is 0 Å². The monoisotopic (exact) mass is 281 g/mol. The maximum absolute atomic E-state index is 12.8. The maximum atomic E-state index is 12.8. The fourth-order valence-electron chi connectivity index (χ4n) is 2.11.